The highest BCUT2D eigenvalue weighted by molar-refractivity contribution is 7.89. The van der Waals surface area contributed by atoms with Crippen LogP contribution in [0.1, 0.15) is 10.4 Å². The predicted molar refractivity (Wildman–Crippen MR) is 59.0 cm³/mol. The first-order chi connectivity index (χ1) is 8.24. The molecule has 0 spiro atoms. The lowest BCUT2D eigenvalue weighted by Crippen LogP contribution is -2.30. The van der Waals surface area contributed by atoms with E-state index in [-0.39, 0.29) is 5.69 Å². The van der Waals surface area contributed by atoms with E-state index in [0.29, 0.717) is 0 Å². The zero-order valence-corrected chi connectivity index (χ0v) is 9.75. The van der Waals surface area contributed by atoms with Crippen LogP contribution in [0, 0.1) is 0 Å². The number of sulfonamides is 1. The summed E-state index contributed by atoms with van der Waals surface area (Å²) in [4.78, 5) is 10.2. The highest BCUT2D eigenvalue weighted by atomic mass is 32.2. The van der Waals surface area contributed by atoms with Crippen LogP contribution in [-0.4, -0.2) is 32.5 Å². The zero-order valence-electron chi connectivity index (χ0n) is 8.93. The molecule has 0 aliphatic carbocycles. The molecular formula is C9H10F2N2O4S. The van der Waals surface area contributed by atoms with Gasteiger partial charge in [-0.3, -0.25) is 0 Å². The molecule has 6 nitrogen and oxygen atoms in total. The molecule has 1 aromatic rings. The average Bonchev–Trinajstić information content (AvgIpc) is 2.26. The summed E-state index contributed by atoms with van der Waals surface area (Å²) in [7, 11) is -4.34. The number of nitrogens with one attached hydrogen (secondary N) is 1. The highest BCUT2D eigenvalue weighted by Gasteiger charge is 2.23. The molecule has 0 heterocycles. The van der Waals surface area contributed by atoms with Crippen LogP contribution in [-0.2, 0) is 10.0 Å². The topological polar surface area (TPSA) is 109 Å². The molecule has 0 aromatic heterocycles. The van der Waals surface area contributed by atoms with E-state index < -0.39 is 39.4 Å². The lowest BCUT2D eigenvalue weighted by molar-refractivity contribution is 0.0692. The molecule has 18 heavy (non-hydrogen) atoms. The zero-order chi connectivity index (χ0) is 13.9. The van der Waals surface area contributed by atoms with Crippen LogP contribution >= 0.6 is 0 Å². The number of halogens is 2. The Morgan fingerprint density at radius 1 is 1.44 bits per heavy atom. The van der Waals surface area contributed by atoms with Crippen molar-refractivity contribution in [2.24, 2.45) is 0 Å². The molecule has 0 saturated carbocycles. The maximum Gasteiger partial charge on any atom is 0.337 e. The molecule has 0 bridgehead atoms. The first-order valence-electron chi connectivity index (χ1n) is 4.64. The number of benzene rings is 1. The molecule has 0 fully saturated rings. The Balaban J connectivity index is 3.22. The number of hydrogen-bond donors (Lipinski definition) is 3. The minimum absolute atomic E-state index is 0.0115. The van der Waals surface area contributed by atoms with Crippen molar-refractivity contribution in [1.29, 1.82) is 0 Å². The second kappa shape index (κ2) is 5.27. The molecule has 0 amide bonds. The Hall–Kier alpha value is -1.74. The summed E-state index contributed by atoms with van der Waals surface area (Å²) in [5.74, 6) is -1.49. The summed E-state index contributed by atoms with van der Waals surface area (Å²) >= 11 is 0. The number of carboxylic acids is 1. The largest absolute Gasteiger partial charge is 0.478 e. The number of hydrogen-bond acceptors (Lipinski definition) is 4. The van der Waals surface area contributed by atoms with Crippen LogP contribution in [0.5, 0.6) is 0 Å². The third-order valence-corrected chi connectivity index (χ3v) is 3.42. The van der Waals surface area contributed by atoms with Gasteiger partial charge in [-0.25, -0.2) is 26.7 Å². The van der Waals surface area contributed by atoms with E-state index in [0.717, 1.165) is 12.1 Å². The summed E-state index contributed by atoms with van der Waals surface area (Å²) in [5, 5.41) is 8.82. The number of alkyl halides is 2. The first-order valence-corrected chi connectivity index (χ1v) is 6.13. The quantitative estimate of drug-likeness (QED) is 0.681. The maximum absolute atomic E-state index is 12.0. The van der Waals surface area contributed by atoms with Crippen molar-refractivity contribution in [3.63, 3.8) is 0 Å². The minimum Gasteiger partial charge on any atom is -0.478 e. The van der Waals surface area contributed by atoms with Gasteiger partial charge < -0.3 is 10.8 Å². The Morgan fingerprint density at radius 2 is 2.06 bits per heavy atom. The molecule has 9 heteroatoms. The fourth-order valence-corrected chi connectivity index (χ4v) is 2.43. The Bertz CT molecular complexity index is 560. The van der Waals surface area contributed by atoms with Gasteiger partial charge in [0.25, 0.3) is 6.43 Å². The standard InChI is InChI=1S/C9H10F2N2O4S/c10-8(11)4-13-18(16,17)7-3-5(12)1-2-6(7)9(14)15/h1-3,8,13H,4,12H2,(H,14,15). The lowest BCUT2D eigenvalue weighted by Gasteiger charge is -2.09. The van der Waals surface area contributed by atoms with Gasteiger partial charge in [0, 0.05) is 5.69 Å². The molecule has 0 saturated heterocycles. The van der Waals surface area contributed by atoms with Crippen molar-refractivity contribution < 1.29 is 27.1 Å². The number of nitrogen functional groups attached to an aromatic ring is 1. The molecule has 1 rings (SSSR count). The van der Waals surface area contributed by atoms with Crippen molar-refractivity contribution in [1.82, 2.24) is 4.72 Å². The summed E-state index contributed by atoms with van der Waals surface area (Å²) < 4.78 is 48.8. The van der Waals surface area contributed by atoms with Crippen LogP contribution in [0.25, 0.3) is 0 Å². The molecule has 0 unspecified atom stereocenters. The number of anilines is 1. The van der Waals surface area contributed by atoms with Crippen molar-refractivity contribution in [2.45, 2.75) is 11.3 Å². The van der Waals surface area contributed by atoms with Crippen LogP contribution < -0.4 is 10.5 Å². The number of rotatable bonds is 5. The van der Waals surface area contributed by atoms with Gasteiger partial charge in [-0.1, -0.05) is 0 Å². The van der Waals surface area contributed by atoms with Crippen molar-refractivity contribution in [2.75, 3.05) is 12.3 Å². The molecule has 4 N–H and O–H groups in total. The smallest absolute Gasteiger partial charge is 0.337 e. The van der Waals surface area contributed by atoms with Crippen LogP contribution in [0.4, 0.5) is 14.5 Å². The number of aromatic carboxylic acids is 1. The van der Waals surface area contributed by atoms with Gasteiger partial charge in [-0.2, -0.15) is 0 Å². The number of carboxylic acid groups (broad SMARTS) is 1. The summed E-state index contributed by atoms with van der Waals surface area (Å²) in [6, 6.07) is 3.10. The Labute approximate surface area is 101 Å². The fraction of sp³-hybridized carbons (Fsp3) is 0.222. The van der Waals surface area contributed by atoms with Gasteiger partial charge >= 0.3 is 5.97 Å². The third-order valence-electron chi connectivity index (χ3n) is 1.95. The van der Waals surface area contributed by atoms with E-state index in [1.165, 1.54) is 6.07 Å². The minimum atomic E-state index is -4.34. The van der Waals surface area contributed by atoms with Gasteiger partial charge in [-0.15, -0.1) is 0 Å². The van der Waals surface area contributed by atoms with E-state index >= 15 is 0 Å². The molecule has 0 aliphatic heterocycles. The van der Waals surface area contributed by atoms with E-state index in [1.807, 2.05) is 0 Å². The number of nitrogens with two attached hydrogens (primary N) is 1. The van der Waals surface area contributed by atoms with E-state index in [1.54, 1.807) is 4.72 Å². The van der Waals surface area contributed by atoms with E-state index in [9.17, 15) is 22.0 Å². The SMILES string of the molecule is Nc1ccc(C(=O)O)c(S(=O)(=O)NCC(F)F)c1. The molecule has 1 aromatic carbocycles. The average molecular weight is 280 g/mol. The predicted octanol–water partition coefficient (Wildman–Crippen LogP) is 0.510. The molecule has 0 aliphatic rings. The van der Waals surface area contributed by atoms with Crippen molar-refractivity contribution in [3.8, 4) is 0 Å². The van der Waals surface area contributed by atoms with E-state index in [4.69, 9.17) is 10.8 Å². The molecule has 100 valence electrons. The summed E-state index contributed by atoms with van der Waals surface area (Å²) in [6.07, 6.45) is -2.88. The van der Waals surface area contributed by atoms with Crippen LogP contribution in [0.3, 0.4) is 0 Å². The summed E-state index contributed by atoms with van der Waals surface area (Å²) in [6.45, 7) is -1.10. The van der Waals surface area contributed by atoms with Gasteiger partial charge in [0.1, 0.15) is 0 Å². The van der Waals surface area contributed by atoms with Crippen molar-refractivity contribution >= 4 is 21.7 Å². The monoisotopic (exact) mass is 280 g/mol. The highest BCUT2D eigenvalue weighted by Crippen LogP contribution is 2.19. The third kappa shape index (κ3) is 3.37. The van der Waals surface area contributed by atoms with Crippen molar-refractivity contribution in [3.05, 3.63) is 23.8 Å². The van der Waals surface area contributed by atoms with Crippen LogP contribution in [0.2, 0.25) is 0 Å². The van der Waals surface area contributed by atoms with Gasteiger partial charge in [0.2, 0.25) is 10.0 Å². The molecule has 0 atom stereocenters. The molecule has 0 radical (unpaired) electrons. The van der Waals surface area contributed by atoms with Crippen LogP contribution in [0.15, 0.2) is 23.1 Å². The van der Waals surface area contributed by atoms with Gasteiger partial charge in [0.15, 0.2) is 0 Å². The van der Waals surface area contributed by atoms with E-state index in [2.05, 4.69) is 0 Å². The second-order valence-corrected chi connectivity index (χ2v) is 5.04. The number of carbonyl (C=O) groups is 1. The Morgan fingerprint density at radius 3 is 2.56 bits per heavy atom. The normalized spacial score (nSPS) is 11.7. The first kappa shape index (κ1) is 14.3. The second-order valence-electron chi connectivity index (χ2n) is 3.30. The maximum atomic E-state index is 12.0. The fourth-order valence-electron chi connectivity index (χ4n) is 1.19. The van der Waals surface area contributed by atoms with Gasteiger partial charge in [-0.05, 0) is 18.2 Å². The summed E-state index contributed by atoms with van der Waals surface area (Å²) in [5.41, 5.74) is 4.82. The lowest BCUT2D eigenvalue weighted by atomic mass is 10.2. The Kier molecular flexibility index (Phi) is 4.19. The molecular weight excluding hydrogens is 270 g/mol. The van der Waals surface area contributed by atoms with Gasteiger partial charge in [0.05, 0.1) is 17.0 Å².